The van der Waals surface area contributed by atoms with Gasteiger partial charge in [0.05, 0.1) is 19.4 Å². The molecule has 0 bridgehead atoms. The number of urea groups is 1. The highest BCUT2D eigenvalue weighted by molar-refractivity contribution is 6.39. The molecule has 0 spiro atoms. The van der Waals surface area contributed by atoms with E-state index in [1.807, 2.05) is 54.8 Å². The fraction of sp³-hybridized carbons (Fsp3) is 0.160. The third-order valence-electron chi connectivity index (χ3n) is 5.24. The minimum atomic E-state index is -0.798. The Hall–Kier alpha value is -4.33. The smallest absolute Gasteiger partial charge is 0.335 e. The Labute approximate surface area is 191 Å². The van der Waals surface area contributed by atoms with Crippen LogP contribution in [-0.4, -0.2) is 36.1 Å². The SMILES string of the molecule is CCOc1ccc(N2C(=O)NC(=O)/C(=C\c3ccc(C)n3-c3ccc(OC)cc3)C2=O)cc1. The summed E-state index contributed by atoms with van der Waals surface area (Å²) in [7, 11) is 1.59. The van der Waals surface area contributed by atoms with Crippen LogP contribution >= 0.6 is 0 Å². The van der Waals surface area contributed by atoms with Crippen molar-refractivity contribution in [3.05, 3.63) is 77.6 Å². The van der Waals surface area contributed by atoms with E-state index >= 15 is 0 Å². The number of aromatic nitrogens is 1. The van der Waals surface area contributed by atoms with Crippen molar-refractivity contribution >= 4 is 29.6 Å². The van der Waals surface area contributed by atoms with Crippen molar-refractivity contribution in [1.82, 2.24) is 9.88 Å². The monoisotopic (exact) mass is 445 g/mol. The molecule has 0 radical (unpaired) electrons. The van der Waals surface area contributed by atoms with Gasteiger partial charge in [-0.05, 0) is 80.6 Å². The highest BCUT2D eigenvalue weighted by atomic mass is 16.5. The van der Waals surface area contributed by atoms with Crippen LogP contribution < -0.4 is 19.7 Å². The molecular formula is C25H23N3O5. The first-order valence-corrected chi connectivity index (χ1v) is 10.4. The van der Waals surface area contributed by atoms with Crippen LogP contribution in [-0.2, 0) is 9.59 Å². The molecule has 1 aromatic heterocycles. The Morgan fingerprint density at radius 1 is 0.879 bits per heavy atom. The van der Waals surface area contributed by atoms with Crippen molar-refractivity contribution in [3.8, 4) is 17.2 Å². The topological polar surface area (TPSA) is 89.9 Å². The van der Waals surface area contributed by atoms with E-state index in [4.69, 9.17) is 9.47 Å². The van der Waals surface area contributed by atoms with Crippen LogP contribution in [0.25, 0.3) is 11.8 Å². The summed E-state index contributed by atoms with van der Waals surface area (Å²) in [5.74, 6) is -0.110. The summed E-state index contributed by atoms with van der Waals surface area (Å²) >= 11 is 0. The maximum atomic E-state index is 13.2. The zero-order valence-electron chi connectivity index (χ0n) is 18.5. The molecule has 0 unspecified atom stereocenters. The maximum absolute atomic E-state index is 13.2. The van der Waals surface area contributed by atoms with Gasteiger partial charge in [0.2, 0.25) is 0 Å². The van der Waals surface area contributed by atoms with Gasteiger partial charge in [0.1, 0.15) is 17.1 Å². The first-order valence-electron chi connectivity index (χ1n) is 10.4. The lowest BCUT2D eigenvalue weighted by molar-refractivity contribution is -0.122. The third kappa shape index (κ3) is 4.23. The van der Waals surface area contributed by atoms with E-state index in [0.717, 1.165) is 22.0 Å². The molecule has 8 heteroatoms. The number of benzene rings is 2. The summed E-state index contributed by atoms with van der Waals surface area (Å²) in [6.45, 7) is 4.28. The molecule has 33 heavy (non-hydrogen) atoms. The molecule has 1 saturated heterocycles. The Balaban J connectivity index is 1.71. The van der Waals surface area contributed by atoms with E-state index in [2.05, 4.69) is 5.32 Å². The molecule has 1 aliphatic rings. The summed E-state index contributed by atoms with van der Waals surface area (Å²) in [5.41, 5.74) is 2.57. The summed E-state index contributed by atoms with van der Waals surface area (Å²) in [6.07, 6.45) is 1.49. The Morgan fingerprint density at radius 3 is 2.15 bits per heavy atom. The molecule has 8 nitrogen and oxygen atoms in total. The second kappa shape index (κ2) is 9.04. The lowest BCUT2D eigenvalue weighted by atomic mass is 10.1. The lowest BCUT2D eigenvalue weighted by Gasteiger charge is -2.26. The molecule has 0 aliphatic carbocycles. The van der Waals surface area contributed by atoms with Crippen LogP contribution in [0.3, 0.4) is 0 Å². The normalized spacial score (nSPS) is 15.1. The van der Waals surface area contributed by atoms with Crippen LogP contribution in [0, 0.1) is 6.92 Å². The van der Waals surface area contributed by atoms with Crippen molar-refractivity contribution in [2.45, 2.75) is 13.8 Å². The number of nitrogens with zero attached hydrogens (tertiary/aromatic N) is 2. The van der Waals surface area contributed by atoms with Crippen LogP contribution in [0.1, 0.15) is 18.3 Å². The van der Waals surface area contributed by atoms with Gasteiger partial charge in [-0.3, -0.25) is 14.9 Å². The van der Waals surface area contributed by atoms with E-state index in [9.17, 15) is 14.4 Å². The van der Waals surface area contributed by atoms with Crippen molar-refractivity contribution in [3.63, 3.8) is 0 Å². The summed E-state index contributed by atoms with van der Waals surface area (Å²) in [5, 5.41) is 2.25. The van der Waals surface area contributed by atoms with Gasteiger partial charge < -0.3 is 14.0 Å². The average molecular weight is 445 g/mol. The fourth-order valence-electron chi connectivity index (χ4n) is 3.65. The Morgan fingerprint density at radius 2 is 1.52 bits per heavy atom. The number of hydrogen-bond donors (Lipinski definition) is 1. The highest BCUT2D eigenvalue weighted by Crippen LogP contribution is 2.26. The molecule has 0 atom stereocenters. The number of hydrogen-bond acceptors (Lipinski definition) is 5. The van der Waals surface area contributed by atoms with E-state index < -0.39 is 17.8 Å². The number of amides is 4. The van der Waals surface area contributed by atoms with E-state index in [1.165, 1.54) is 6.08 Å². The fourth-order valence-corrected chi connectivity index (χ4v) is 3.65. The number of nitrogens with one attached hydrogen (secondary N) is 1. The number of carbonyl (C=O) groups excluding carboxylic acids is 3. The van der Waals surface area contributed by atoms with Gasteiger partial charge >= 0.3 is 6.03 Å². The third-order valence-corrected chi connectivity index (χ3v) is 5.24. The van der Waals surface area contributed by atoms with Crippen molar-refractivity contribution < 1.29 is 23.9 Å². The molecule has 1 aliphatic heterocycles. The van der Waals surface area contributed by atoms with Gasteiger partial charge in [0.15, 0.2) is 0 Å². The van der Waals surface area contributed by atoms with Crippen molar-refractivity contribution in [2.75, 3.05) is 18.6 Å². The number of aryl methyl sites for hydroxylation is 1. The number of imide groups is 2. The number of ether oxygens (including phenoxy) is 2. The van der Waals surface area contributed by atoms with Crippen molar-refractivity contribution in [2.24, 2.45) is 0 Å². The molecule has 2 aromatic carbocycles. The van der Waals surface area contributed by atoms with Crippen LogP contribution in [0.5, 0.6) is 11.5 Å². The minimum absolute atomic E-state index is 0.142. The summed E-state index contributed by atoms with van der Waals surface area (Å²) < 4.78 is 12.5. The van der Waals surface area contributed by atoms with Crippen LogP contribution in [0.4, 0.5) is 10.5 Å². The summed E-state index contributed by atoms with van der Waals surface area (Å²) in [4.78, 5) is 39.2. The number of barbiturate groups is 1. The van der Waals surface area contributed by atoms with Crippen LogP contribution in [0.2, 0.25) is 0 Å². The first kappa shape index (κ1) is 21.9. The standard InChI is InChI=1S/C25H23N3O5/c1-4-33-21-13-9-18(10-14-21)28-24(30)22(23(29)26-25(28)31)15-19-6-5-16(2)27(19)17-7-11-20(32-3)12-8-17/h5-15H,4H2,1-3H3,(H,26,29,31)/b22-15+. The van der Waals surface area contributed by atoms with Gasteiger partial charge in [-0.1, -0.05) is 0 Å². The second-order valence-electron chi connectivity index (χ2n) is 7.32. The molecule has 4 rings (SSSR count). The van der Waals surface area contributed by atoms with Gasteiger partial charge in [-0.2, -0.15) is 0 Å². The largest absolute Gasteiger partial charge is 0.497 e. The van der Waals surface area contributed by atoms with Crippen LogP contribution in [0.15, 0.2) is 66.2 Å². The van der Waals surface area contributed by atoms with Gasteiger partial charge in [0.25, 0.3) is 11.8 Å². The number of methoxy groups -OCH3 is 1. The molecule has 168 valence electrons. The zero-order chi connectivity index (χ0) is 23.5. The van der Waals surface area contributed by atoms with Gasteiger partial charge in [-0.15, -0.1) is 0 Å². The number of rotatable bonds is 6. The van der Waals surface area contributed by atoms with E-state index in [0.29, 0.717) is 23.7 Å². The van der Waals surface area contributed by atoms with Gasteiger partial charge in [-0.25, -0.2) is 9.69 Å². The molecule has 3 aromatic rings. The van der Waals surface area contributed by atoms with Crippen molar-refractivity contribution in [1.29, 1.82) is 0 Å². The zero-order valence-corrected chi connectivity index (χ0v) is 18.5. The Bertz CT molecular complexity index is 1240. The Kier molecular flexibility index (Phi) is 5.99. The van der Waals surface area contributed by atoms with Gasteiger partial charge in [0, 0.05) is 17.1 Å². The summed E-state index contributed by atoms with van der Waals surface area (Å²) in [6, 6.07) is 16.8. The molecule has 4 amide bonds. The maximum Gasteiger partial charge on any atom is 0.335 e. The molecule has 1 fully saturated rings. The quantitative estimate of drug-likeness (QED) is 0.460. The predicted molar refractivity (Wildman–Crippen MR) is 124 cm³/mol. The second-order valence-corrected chi connectivity index (χ2v) is 7.32. The number of anilines is 1. The van der Waals surface area contributed by atoms with E-state index in [1.54, 1.807) is 31.4 Å². The predicted octanol–water partition coefficient (Wildman–Crippen LogP) is 3.86. The highest BCUT2D eigenvalue weighted by Gasteiger charge is 2.37. The molecular weight excluding hydrogens is 422 g/mol. The minimum Gasteiger partial charge on any atom is -0.497 e. The number of carbonyl (C=O) groups is 3. The average Bonchev–Trinajstić information content (AvgIpc) is 3.18. The first-order chi connectivity index (χ1) is 15.9. The lowest BCUT2D eigenvalue weighted by Crippen LogP contribution is -2.54. The van der Waals surface area contributed by atoms with E-state index in [-0.39, 0.29) is 5.57 Å². The molecule has 2 heterocycles. The molecule has 0 saturated carbocycles. The molecule has 1 N–H and O–H groups in total.